The van der Waals surface area contributed by atoms with E-state index in [0.29, 0.717) is 6.92 Å². The molecule has 1 atom stereocenters. The molecule has 0 spiro atoms. The van der Waals surface area contributed by atoms with Crippen molar-refractivity contribution >= 4 is 0 Å². The standard InChI is InChI=1S/C15H7F10NO/c1-2(26)15(27,3-5(16)9(20)13(24)10(21)6(3)17)4-7(18)11(22)14(25)12(23)8(4)19/h2,27H,26H2,1H3. The molecule has 0 amide bonds. The Morgan fingerprint density at radius 1 is 0.556 bits per heavy atom. The molecule has 0 aliphatic heterocycles. The Kier molecular flexibility index (Phi) is 5.18. The summed E-state index contributed by atoms with van der Waals surface area (Å²) in [4.78, 5) is 0. The van der Waals surface area contributed by atoms with E-state index in [9.17, 15) is 49.0 Å². The average molecular weight is 407 g/mol. The van der Waals surface area contributed by atoms with Gasteiger partial charge in [0.15, 0.2) is 46.5 Å². The van der Waals surface area contributed by atoms with E-state index in [-0.39, 0.29) is 0 Å². The lowest BCUT2D eigenvalue weighted by Crippen LogP contribution is -2.48. The minimum Gasteiger partial charge on any atom is -0.378 e. The number of nitrogens with two attached hydrogens (primary N) is 1. The van der Waals surface area contributed by atoms with Gasteiger partial charge >= 0.3 is 0 Å². The molecule has 2 rings (SSSR count). The second kappa shape index (κ2) is 6.68. The molecule has 0 fully saturated rings. The summed E-state index contributed by atoms with van der Waals surface area (Å²) in [6, 6.07) is -2.31. The SMILES string of the molecule is CC(N)C(O)(c1c(F)c(F)c(F)c(F)c1F)c1c(F)c(F)c(F)c(F)c1F. The van der Waals surface area contributed by atoms with Crippen molar-refractivity contribution < 1.29 is 49.0 Å². The molecule has 148 valence electrons. The minimum atomic E-state index is -4.02. The van der Waals surface area contributed by atoms with Gasteiger partial charge in [-0.25, -0.2) is 43.9 Å². The summed E-state index contributed by atoms with van der Waals surface area (Å²) in [5, 5.41) is 10.4. The summed E-state index contributed by atoms with van der Waals surface area (Å²) in [5.74, 6) is -27.0. The number of rotatable bonds is 3. The van der Waals surface area contributed by atoms with Gasteiger partial charge in [0, 0.05) is 6.04 Å². The van der Waals surface area contributed by atoms with Gasteiger partial charge in [0.1, 0.15) is 5.60 Å². The van der Waals surface area contributed by atoms with E-state index in [1.807, 2.05) is 0 Å². The van der Waals surface area contributed by atoms with Crippen LogP contribution in [0.15, 0.2) is 0 Å². The summed E-state index contributed by atoms with van der Waals surface area (Å²) in [7, 11) is 0. The summed E-state index contributed by atoms with van der Waals surface area (Å²) in [6.07, 6.45) is 0. The van der Waals surface area contributed by atoms with Gasteiger partial charge in [-0.05, 0) is 6.92 Å². The van der Waals surface area contributed by atoms with E-state index in [1.165, 1.54) is 0 Å². The van der Waals surface area contributed by atoms with Gasteiger partial charge < -0.3 is 10.8 Å². The lowest BCUT2D eigenvalue weighted by Gasteiger charge is -2.34. The molecule has 0 saturated heterocycles. The first kappa shape index (κ1) is 21.0. The number of aliphatic hydroxyl groups is 1. The molecule has 0 aliphatic carbocycles. The fraction of sp³-hybridized carbons (Fsp3) is 0.200. The maximum atomic E-state index is 14.0. The number of halogens is 10. The first-order valence-corrected chi connectivity index (χ1v) is 6.81. The Morgan fingerprint density at radius 3 is 0.926 bits per heavy atom. The van der Waals surface area contributed by atoms with Crippen molar-refractivity contribution in [3.8, 4) is 0 Å². The molecule has 27 heavy (non-hydrogen) atoms. The maximum absolute atomic E-state index is 14.0. The van der Waals surface area contributed by atoms with Crippen LogP contribution in [0.1, 0.15) is 18.1 Å². The zero-order chi connectivity index (χ0) is 21.0. The summed E-state index contributed by atoms with van der Waals surface area (Å²) in [5.41, 5.74) is -3.39. The summed E-state index contributed by atoms with van der Waals surface area (Å²) >= 11 is 0. The van der Waals surface area contributed by atoms with Crippen molar-refractivity contribution in [2.75, 3.05) is 0 Å². The normalized spacial score (nSPS) is 13.2. The Bertz CT molecular complexity index is 816. The van der Waals surface area contributed by atoms with Crippen LogP contribution in [0.25, 0.3) is 0 Å². The van der Waals surface area contributed by atoms with Crippen molar-refractivity contribution in [1.82, 2.24) is 0 Å². The van der Waals surface area contributed by atoms with Gasteiger partial charge in [-0.1, -0.05) is 0 Å². The van der Waals surface area contributed by atoms with Crippen LogP contribution in [0, 0.1) is 58.2 Å². The van der Waals surface area contributed by atoms with Crippen LogP contribution >= 0.6 is 0 Å². The van der Waals surface area contributed by atoms with Crippen molar-refractivity contribution in [2.45, 2.75) is 18.6 Å². The van der Waals surface area contributed by atoms with Gasteiger partial charge in [0.2, 0.25) is 11.6 Å². The van der Waals surface area contributed by atoms with E-state index in [1.54, 1.807) is 0 Å². The predicted molar refractivity (Wildman–Crippen MR) is 69.1 cm³/mol. The second-order valence-corrected chi connectivity index (χ2v) is 5.44. The van der Waals surface area contributed by atoms with Crippen LogP contribution < -0.4 is 5.73 Å². The predicted octanol–water partition coefficient (Wildman–Crippen LogP) is 3.66. The zero-order valence-electron chi connectivity index (χ0n) is 12.9. The smallest absolute Gasteiger partial charge is 0.200 e. The average Bonchev–Trinajstić information content (AvgIpc) is 2.61. The first-order valence-electron chi connectivity index (χ1n) is 6.81. The fourth-order valence-electron chi connectivity index (χ4n) is 2.46. The summed E-state index contributed by atoms with van der Waals surface area (Å²) < 4.78 is 136. The topological polar surface area (TPSA) is 46.2 Å². The zero-order valence-corrected chi connectivity index (χ0v) is 12.9. The molecule has 2 nitrogen and oxygen atoms in total. The van der Waals surface area contributed by atoms with Gasteiger partial charge in [-0.2, -0.15) is 0 Å². The van der Waals surface area contributed by atoms with Crippen molar-refractivity contribution in [2.24, 2.45) is 5.73 Å². The quantitative estimate of drug-likeness (QED) is 0.464. The Hall–Kier alpha value is -2.34. The van der Waals surface area contributed by atoms with Crippen LogP contribution in [-0.4, -0.2) is 11.1 Å². The van der Waals surface area contributed by atoms with Crippen molar-refractivity contribution in [3.05, 3.63) is 69.3 Å². The van der Waals surface area contributed by atoms with Crippen LogP contribution in [0.3, 0.4) is 0 Å². The Morgan fingerprint density at radius 2 is 0.741 bits per heavy atom. The monoisotopic (exact) mass is 407 g/mol. The minimum absolute atomic E-state index is 0.579. The molecule has 0 saturated carbocycles. The third-order valence-corrected chi connectivity index (χ3v) is 3.84. The third-order valence-electron chi connectivity index (χ3n) is 3.84. The van der Waals surface area contributed by atoms with E-state index in [2.05, 4.69) is 0 Å². The highest BCUT2D eigenvalue weighted by atomic mass is 19.2. The molecule has 12 heteroatoms. The molecule has 0 bridgehead atoms. The maximum Gasteiger partial charge on any atom is 0.200 e. The lowest BCUT2D eigenvalue weighted by molar-refractivity contribution is 0.0386. The van der Waals surface area contributed by atoms with E-state index in [0.717, 1.165) is 0 Å². The summed E-state index contributed by atoms with van der Waals surface area (Å²) in [6.45, 7) is 0.579. The van der Waals surface area contributed by atoms with Gasteiger partial charge in [0.05, 0.1) is 11.1 Å². The Balaban J connectivity index is 3.10. The number of hydrogen-bond acceptors (Lipinski definition) is 2. The van der Waals surface area contributed by atoms with Crippen LogP contribution in [-0.2, 0) is 5.60 Å². The Labute approximate surface area is 143 Å². The van der Waals surface area contributed by atoms with Crippen molar-refractivity contribution in [3.63, 3.8) is 0 Å². The molecule has 0 aliphatic rings. The van der Waals surface area contributed by atoms with Gasteiger partial charge in [-0.15, -0.1) is 0 Å². The first-order chi connectivity index (χ1) is 12.3. The fourth-order valence-corrected chi connectivity index (χ4v) is 2.46. The van der Waals surface area contributed by atoms with Crippen LogP contribution in [0.4, 0.5) is 43.9 Å². The molecule has 0 radical (unpaired) electrons. The molecule has 0 heterocycles. The van der Waals surface area contributed by atoms with Gasteiger partial charge in [0.25, 0.3) is 0 Å². The third kappa shape index (κ3) is 2.74. The molecular formula is C15H7F10NO. The van der Waals surface area contributed by atoms with E-state index < -0.39 is 80.9 Å². The van der Waals surface area contributed by atoms with Crippen LogP contribution in [0.2, 0.25) is 0 Å². The van der Waals surface area contributed by atoms with Gasteiger partial charge in [-0.3, -0.25) is 0 Å². The van der Waals surface area contributed by atoms with Crippen molar-refractivity contribution in [1.29, 1.82) is 0 Å². The highest BCUT2D eigenvalue weighted by molar-refractivity contribution is 5.43. The highest BCUT2D eigenvalue weighted by Crippen LogP contribution is 2.41. The highest BCUT2D eigenvalue weighted by Gasteiger charge is 2.49. The number of benzene rings is 2. The molecule has 0 aromatic heterocycles. The largest absolute Gasteiger partial charge is 0.378 e. The van der Waals surface area contributed by atoms with E-state index >= 15 is 0 Å². The van der Waals surface area contributed by atoms with Crippen LogP contribution in [0.5, 0.6) is 0 Å². The molecular weight excluding hydrogens is 400 g/mol. The van der Waals surface area contributed by atoms with E-state index in [4.69, 9.17) is 5.73 Å². The molecule has 1 unspecified atom stereocenters. The second-order valence-electron chi connectivity index (χ2n) is 5.44. The number of hydrogen-bond donors (Lipinski definition) is 2. The molecule has 2 aromatic rings. The lowest BCUT2D eigenvalue weighted by atomic mass is 9.79. The molecule has 3 N–H and O–H groups in total. The molecule has 2 aromatic carbocycles.